The molecule has 0 aliphatic heterocycles. The summed E-state index contributed by atoms with van der Waals surface area (Å²) in [6.07, 6.45) is 1.02. The molecule has 0 bridgehead atoms. The van der Waals surface area contributed by atoms with Crippen LogP contribution in [0.25, 0.3) is 0 Å². The van der Waals surface area contributed by atoms with Crippen LogP contribution in [0.3, 0.4) is 0 Å². The van der Waals surface area contributed by atoms with Crippen molar-refractivity contribution in [1.82, 2.24) is 0 Å². The quantitative estimate of drug-likeness (QED) is 0.249. The monoisotopic (exact) mass is 445 g/mol. The first kappa shape index (κ1) is 19.1. The fraction of sp³-hybridized carbons (Fsp3) is 0.0769. The van der Waals surface area contributed by atoms with Crippen molar-refractivity contribution < 1.29 is 0 Å². The summed E-state index contributed by atoms with van der Waals surface area (Å²) < 4.78 is 0. The Morgan fingerprint density at radius 2 is 0.929 bits per heavy atom. The highest BCUT2D eigenvalue weighted by molar-refractivity contribution is 9.08. The molecule has 0 atom stereocenters. The van der Waals surface area contributed by atoms with Crippen molar-refractivity contribution in [1.29, 1.82) is 0 Å². The number of alkyl halides is 1. The first-order chi connectivity index (χ1) is 13.8. The minimum Gasteiger partial charge on any atom is -0.0876 e. The summed E-state index contributed by atoms with van der Waals surface area (Å²) in [7, 11) is -1.82. The summed E-state index contributed by atoms with van der Waals surface area (Å²) >= 11 is 3.62. The van der Waals surface area contributed by atoms with Gasteiger partial charge in [0.25, 0.3) is 0 Å². The summed E-state index contributed by atoms with van der Waals surface area (Å²) in [6.45, 7) is 0. The van der Waals surface area contributed by atoms with Gasteiger partial charge in [-0.15, -0.1) is 0 Å². The zero-order valence-corrected chi connectivity index (χ0v) is 18.2. The molecule has 0 fully saturated rings. The van der Waals surface area contributed by atoms with Gasteiger partial charge in [0.1, 0.15) is 23.2 Å². The Kier molecular flexibility index (Phi) is 6.05. The number of hydrogen-bond acceptors (Lipinski definition) is 0. The Balaban J connectivity index is 1.98. The molecule has 28 heavy (non-hydrogen) atoms. The largest absolute Gasteiger partial charge is 0.116 e. The molecule has 0 aliphatic rings. The van der Waals surface area contributed by atoms with Crippen LogP contribution in [0, 0.1) is 0 Å². The van der Waals surface area contributed by atoms with Crippen molar-refractivity contribution >= 4 is 39.1 Å². The standard InChI is InChI=1S/C26H23BrP/c27-20-22-11-10-12-23(19-22)21-28(24-13-4-1-5-14-24,25-15-6-2-7-16-25)26-17-8-3-9-18-26/h1-19H,20-21H2/q+1. The van der Waals surface area contributed by atoms with Gasteiger partial charge >= 0.3 is 0 Å². The van der Waals surface area contributed by atoms with E-state index in [0.29, 0.717) is 0 Å². The Labute approximate surface area is 176 Å². The number of halogens is 1. The van der Waals surface area contributed by atoms with Gasteiger partial charge in [-0.3, -0.25) is 0 Å². The molecule has 4 rings (SSSR count). The van der Waals surface area contributed by atoms with Crippen LogP contribution in [-0.2, 0) is 11.5 Å². The van der Waals surface area contributed by atoms with E-state index >= 15 is 0 Å². The molecule has 0 saturated heterocycles. The summed E-state index contributed by atoms with van der Waals surface area (Å²) in [5, 5.41) is 5.17. The molecule has 0 spiro atoms. The minimum absolute atomic E-state index is 0.883. The highest BCUT2D eigenvalue weighted by Crippen LogP contribution is 2.58. The normalized spacial score (nSPS) is 11.3. The van der Waals surface area contributed by atoms with E-state index in [0.717, 1.165) is 11.5 Å². The fourth-order valence-corrected chi connectivity index (χ4v) is 8.43. The zero-order valence-electron chi connectivity index (χ0n) is 15.7. The van der Waals surface area contributed by atoms with Gasteiger partial charge in [0.15, 0.2) is 0 Å². The molecule has 0 aliphatic carbocycles. The lowest BCUT2D eigenvalue weighted by Gasteiger charge is -2.28. The van der Waals surface area contributed by atoms with Crippen molar-refractivity contribution in [3.05, 3.63) is 126 Å². The van der Waals surface area contributed by atoms with Gasteiger partial charge in [0, 0.05) is 5.33 Å². The molecule has 2 heteroatoms. The third kappa shape index (κ3) is 3.83. The lowest BCUT2D eigenvalue weighted by atomic mass is 10.2. The Morgan fingerprint density at radius 3 is 1.36 bits per heavy atom. The lowest BCUT2D eigenvalue weighted by Crippen LogP contribution is -2.32. The van der Waals surface area contributed by atoms with Crippen molar-refractivity contribution in [3.63, 3.8) is 0 Å². The molecule has 0 unspecified atom stereocenters. The molecule has 4 aromatic carbocycles. The number of hydrogen-bond donors (Lipinski definition) is 0. The average molecular weight is 446 g/mol. The molecular formula is C26H23BrP+. The third-order valence-electron chi connectivity index (χ3n) is 5.16. The van der Waals surface area contributed by atoms with Crippen molar-refractivity contribution in [2.45, 2.75) is 11.5 Å². The summed E-state index contributed by atoms with van der Waals surface area (Å²) in [6, 6.07) is 42.2. The maximum Gasteiger partial charge on any atom is 0.116 e. The van der Waals surface area contributed by atoms with Gasteiger partial charge in [-0.1, -0.05) is 94.8 Å². The topological polar surface area (TPSA) is 0 Å². The number of benzene rings is 4. The van der Waals surface area contributed by atoms with Crippen LogP contribution in [-0.4, -0.2) is 0 Å². The van der Waals surface area contributed by atoms with E-state index in [2.05, 4.69) is 131 Å². The molecule has 138 valence electrons. The van der Waals surface area contributed by atoms with Crippen LogP contribution < -0.4 is 15.9 Å². The highest BCUT2D eigenvalue weighted by Gasteiger charge is 2.45. The molecule has 0 amide bonds. The van der Waals surface area contributed by atoms with Crippen molar-refractivity contribution in [2.24, 2.45) is 0 Å². The Bertz CT molecular complexity index is 917. The molecule has 0 aromatic heterocycles. The highest BCUT2D eigenvalue weighted by atomic mass is 79.9. The van der Waals surface area contributed by atoms with E-state index in [1.54, 1.807) is 0 Å². The second kappa shape index (κ2) is 8.86. The predicted octanol–water partition coefficient (Wildman–Crippen LogP) is 6.08. The van der Waals surface area contributed by atoms with Crippen LogP contribution in [0.2, 0.25) is 0 Å². The van der Waals surface area contributed by atoms with E-state index in [9.17, 15) is 0 Å². The maximum atomic E-state index is 3.62. The van der Waals surface area contributed by atoms with E-state index in [1.807, 2.05) is 0 Å². The second-order valence-corrected chi connectivity index (χ2v) is 11.0. The van der Waals surface area contributed by atoms with E-state index in [-0.39, 0.29) is 0 Å². The van der Waals surface area contributed by atoms with Gasteiger partial charge < -0.3 is 0 Å². The molecule has 0 heterocycles. The lowest BCUT2D eigenvalue weighted by molar-refractivity contribution is 1.33. The van der Waals surface area contributed by atoms with Gasteiger partial charge in [0.2, 0.25) is 0 Å². The fourth-order valence-electron chi connectivity index (χ4n) is 3.85. The Morgan fingerprint density at radius 1 is 0.500 bits per heavy atom. The Hall–Kier alpha value is -2.21. The summed E-state index contributed by atoms with van der Waals surface area (Å²) in [4.78, 5) is 0. The first-order valence-electron chi connectivity index (χ1n) is 9.51. The van der Waals surface area contributed by atoms with E-state index in [4.69, 9.17) is 0 Å². The third-order valence-corrected chi connectivity index (χ3v) is 10.2. The zero-order chi connectivity index (χ0) is 19.2. The second-order valence-electron chi connectivity index (χ2n) is 6.93. The smallest absolute Gasteiger partial charge is 0.0876 e. The van der Waals surface area contributed by atoms with Gasteiger partial charge in [-0.25, -0.2) is 0 Å². The number of rotatable bonds is 6. The van der Waals surface area contributed by atoms with Crippen LogP contribution in [0.5, 0.6) is 0 Å². The van der Waals surface area contributed by atoms with Crippen LogP contribution >= 0.6 is 23.2 Å². The van der Waals surface area contributed by atoms with Crippen LogP contribution in [0.15, 0.2) is 115 Å². The molecular weight excluding hydrogens is 423 g/mol. The average Bonchev–Trinajstić information content (AvgIpc) is 2.79. The van der Waals surface area contributed by atoms with Crippen LogP contribution in [0.4, 0.5) is 0 Å². The van der Waals surface area contributed by atoms with E-state index < -0.39 is 7.26 Å². The molecule has 4 aromatic rings. The molecule has 0 radical (unpaired) electrons. The SMILES string of the molecule is BrCc1cccc(C[P+](c2ccccc2)(c2ccccc2)c2ccccc2)c1. The van der Waals surface area contributed by atoms with Crippen LogP contribution in [0.1, 0.15) is 11.1 Å². The first-order valence-corrected chi connectivity index (χ1v) is 12.6. The summed E-state index contributed by atoms with van der Waals surface area (Å²) in [5.74, 6) is 0. The summed E-state index contributed by atoms with van der Waals surface area (Å²) in [5.41, 5.74) is 2.71. The van der Waals surface area contributed by atoms with Crippen molar-refractivity contribution in [2.75, 3.05) is 0 Å². The van der Waals surface area contributed by atoms with Crippen molar-refractivity contribution in [3.8, 4) is 0 Å². The van der Waals surface area contributed by atoms with E-state index in [1.165, 1.54) is 27.0 Å². The minimum atomic E-state index is -1.82. The van der Waals surface area contributed by atoms with Gasteiger partial charge in [0.05, 0.1) is 6.16 Å². The molecule has 0 N–H and O–H groups in total. The maximum absolute atomic E-state index is 3.62. The predicted molar refractivity (Wildman–Crippen MR) is 128 cm³/mol. The van der Waals surface area contributed by atoms with Gasteiger partial charge in [-0.05, 0) is 47.5 Å². The van der Waals surface area contributed by atoms with Gasteiger partial charge in [-0.2, -0.15) is 0 Å². The molecule has 0 saturated carbocycles. The molecule has 0 nitrogen and oxygen atoms in total.